The Morgan fingerprint density at radius 3 is 2.85 bits per heavy atom. The summed E-state index contributed by atoms with van der Waals surface area (Å²) in [6.45, 7) is 6.09. The molecule has 2 atom stereocenters. The molecule has 3 rings (SSSR count). The van der Waals surface area contributed by atoms with Crippen LogP contribution in [0.15, 0.2) is 48.7 Å². The molecule has 1 fully saturated rings. The van der Waals surface area contributed by atoms with Gasteiger partial charge in [0.15, 0.2) is 0 Å². The van der Waals surface area contributed by atoms with E-state index in [-0.39, 0.29) is 31.4 Å². The summed E-state index contributed by atoms with van der Waals surface area (Å²) in [5.41, 5.74) is 2.53. The third-order valence-electron chi connectivity index (χ3n) is 4.51. The highest BCUT2D eigenvalue weighted by Gasteiger charge is 2.39. The molecule has 6 heteroatoms. The number of hydrogen-bond acceptors (Lipinski definition) is 4. The molecule has 0 radical (unpaired) electrons. The third-order valence-corrected chi connectivity index (χ3v) is 4.51. The van der Waals surface area contributed by atoms with E-state index in [4.69, 9.17) is 4.74 Å². The van der Waals surface area contributed by atoms with Gasteiger partial charge in [-0.15, -0.1) is 0 Å². The van der Waals surface area contributed by atoms with E-state index >= 15 is 0 Å². The van der Waals surface area contributed by atoms with Crippen LogP contribution in [0.25, 0.3) is 10.9 Å². The fourth-order valence-corrected chi connectivity index (χ4v) is 3.28. The van der Waals surface area contributed by atoms with Crippen LogP contribution in [0.4, 0.5) is 0 Å². The van der Waals surface area contributed by atoms with Crippen molar-refractivity contribution in [2.45, 2.75) is 38.5 Å². The van der Waals surface area contributed by atoms with Crippen LogP contribution >= 0.6 is 0 Å². The van der Waals surface area contributed by atoms with Crippen molar-refractivity contribution in [1.82, 2.24) is 9.88 Å². The Hall–Kier alpha value is -2.73. The molecule has 0 saturated carbocycles. The molecule has 26 heavy (non-hydrogen) atoms. The number of carboxylic acids is 1. The van der Waals surface area contributed by atoms with Crippen LogP contribution in [0.5, 0.6) is 0 Å². The first-order valence-corrected chi connectivity index (χ1v) is 8.56. The Labute approximate surface area is 152 Å². The summed E-state index contributed by atoms with van der Waals surface area (Å²) in [5, 5.41) is 10.5. The van der Waals surface area contributed by atoms with Gasteiger partial charge in [-0.1, -0.05) is 36.4 Å². The van der Waals surface area contributed by atoms with E-state index in [0.29, 0.717) is 12.2 Å². The summed E-state index contributed by atoms with van der Waals surface area (Å²) in [4.78, 5) is 29.6. The lowest BCUT2D eigenvalue weighted by Crippen LogP contribution is -2.40. The number of aliphatic carboxylic acids is 1. The van der Waals surface area contributed by atoms with Crippen molar-refractivity contribution in [1.29, 1.82) is 0 Å². The Balaban J connectivity index is 1.69. The second kappa shape index (κ2) is 7.66. The van der Waals surface area contributed by atoms with Gasteiger partial charge in [0.2, 0.25) is 5.91 Å². The van der Waals surface area contributed by atoms with Crippen molar-refractivity contribution in [2.75, 3.05) is 6.54 Å². The molecule has 1 aromatic heterocycles. The second-order valence-electron chi connectivity index (χ2n) is 6.69. The quantitative estimate of drug-likeness (QED) is 0.807. The summed E-state index contributed by atoms with van der Waals surface area (Å²) < 4.78 is 5.94. The average molecular weight is 354 g/mol. The van der Waals surface area contributed by atoms with Gasteiger partial charge in [-0.05, 0) is 13.0 Å². The molecule has 1 aromatic carbocycles. The number of hydrogen-bond donors (Lipinski definition) is 1. The molecule has 2 aromatic rings. The van der Waals surface area contributed by atoms with Crippen LogP contribution in [0.3, 0.4) is 0 Å². The number of fused-ring (bicyclic) bond motifs is 1. The summed E-state index contributed by atoms with van der Waals surface area (Å²) in [6, 6.07) is 8.90. The number of carbonyl (C=O) groups is 2. The lowest BCUT2D eigenvalue weighted by molar-refractivity contribution is -0.147. The molecule has 136 valence electrons. The largest absolute Gasteiger partial charge is 0.480 e. The number of para-hydroxylation sites is 1. The van der Waals surface area contributed by atoms with Crippen LogP contribution in [-0.4, -0.2) is 45.6 Å². The van der Waals surface area contributed by atoms with Gasteiger partial charge >= 0.3 is 5.97 Å². The number of rotatable bonds is 6. The fourth-order valence-electron chi connectivity index (χ4n) is 3.28. The fraction of sp³-hybridized carbons (Fsp3) is 0.350. The minimum Gasteiger partial charge on any atom is -0.480 e. The van der Waals surface area contributed by atoms with Gasteiger partial charge in [-0.3, -0.25) is 9.78 Å². The maximum Gasteiger partial charge on any atom is 0.326 e. The van der Waals surface area contributed by atoms with E-state index in [2.05, 4.69) is 11.6 Å². The van der Waals surface area contributed by atoms with E-state index in [0.717, 1.165) is 16.5 Å². The van der Waals surface area contributed by atoms with E-state index in [1.54, 1.807) is 13.1 Å². The van der Waals surface area contributed by atoms with E-state index in [1.165, 1.54) is 4.90 Å². The van der Waals surface area contributed by atoms with Crippen LogP contribution in [0.2, 0.25) is 0 Å². The van der Waals surface area contributed by atoms with Gasteiger partial charge in [0, 0.05) is 36.5 Å². The normalized spacial score (nSPS) is 19.7. The highest BCUT2D eigenvalue weighted by molar-refractivity contribution is 5.85. The number of ether oxygens (including phenoxy) is 1. The number of nitrogens with zero attached hydrogens (tertiary/aromatic N) is 2. The molecule has 0 bridgehead atoms. The monoisotopic (exact) mass is 354 g/mol. The molecule has 1 amide bonds. The molecule has 1 saturated heterocycles. The van der Waals surface area contributed by atoms with Gasteiger partial charge in [0.25, 0.3) is 0 Å². The lowest BCUT2D eigenvalue weighted by Gasteiger charge is -2.21. The van der Waals surface area contributed by atoms with Crippen LogP contribution in [0, 0.1) is 0 Å². The van der Waals surface area contributed by atoms with Crippen LogP contribution < -0.4 is 0 Å². The highest BCUT2D eigenvalue weighted by Crippen LogP contribution is 2.24. The van der Waals surface area contributed by atoms with Crippen molar-refractivity contribution in [2.24, 2.45) is 0 Å². The van der Waals surface area contributed by atoms with Gasteiger partial charge in [0.05, 0.1) is 18.2 Å². The summed E-state index contributed by atoms with van der Waals surface area (Å²) in [5.74, 6) is -1.22. The smallest absolute Gasteiger partial charge is 0.326 e. The summed E-state index contributed by atoms with van der Waals surface area (Å²) in [6.07, 6.45) is 1.86. The van der Waals surface area contributed by atoms with Crippen molar-refractivity contribution >= 4 is 22.8 Å². The third kappa shape index (κ3) is 3.91. The van der Waals surface area contributed by atoms with Crippen molar-refractivity contribution in [3.8, 4) is 0 Å². The average Bonchev–Trinajstić information content (AvgIpc) is 3.04. The van der Waals surface area contributed by atoms with Gasteiger partial charge in [-0.2, -0.15) is 0 Å². The SMILES string of the molecule is C=C(C)CC(=O)N1C[C@H](OCc2cccc3cccnc23)C[C@H]1C(=O)O. The Morgan fingerprint density at radius 2 is 2.12 bits per heavy atom. The molecule has 2 heterocycles. The molecular weight excluding hydrogens is 332 g/mol. The Morgan fingerprint density at radius 1 is 1.35 bits per heavy atom. The maximum absolute atomic E-state index is 12.3. The molecule has 1 aliphatic rings. The number of carbonyl (C=O) groups excluding carboxylic acids is 1. The topological polar surface area (TPSA) is 79.7 Å². The number of pyridine rings is 1. The van der Waals surface area contributed by atoms with Crippen molar-refractivity contribution < 1.29 is 19.4 Å². The first-order valence-electron chi connectivity index (χ1n) is 8.56. The van der Waals surface area contributed by atoms with Gasteiger partial charge in [0.1, 0.15) is 6.04 Å². The molecule has 6 nitrogen and oxygen atoms in total. The minimum atomic E-state index is -1.00. The molecule has 1 N–H and O–H groups in total. The molecule has 0 spiro atoms. The highest BCUT2D eigenvalue weighted by atomic mass is 16.5. The predicted octanol–water partition coefficient (Wildman–Crippen LogP) is 2.77. The number of carboxylic acid groups (broad SMARTS) is 1. The van der Waals surface area contributed by atoms with Crippen LogP contribution in [0.1, 0.15) is 25.3 Å². The standard InChI is InChI=1S/C20H22N2O4/c1-13(2)9-18(23)22-11-16(10-17(22)20(24)25)26-12-15-6-3-5-14-7-4-8-21-19(14)15/h3-8,16-17H,1,9-12H2,2H3,(H,24,25)/t16-,17+/m1/s1. The second-order valence-corrected chi connectivity index (χ2v) is 6.69. The lowest BCUT2D eigenvalue weighted by atomic mass is 10.1. The molecule has 1 aliphatic heterocycles. The first-order chi connectivity index (χ1) is 12.5. The number of benzene rings is 1. The number of likely N-dealkylation sites (tertiary alicyclic amines) is 1. The zero-order valence-electron chi connectivity index (χ0n) is 14.7. The zero-order chi connectivity index (χ0) is 18.7. The van der Waals surface area contributed by atoms with E-state index in [9.17, 15) is 14.7 Å². The number of aromatic nitrogens is 1. The van der Waals surface area contributed by atoms with Gasteiger partial charge in [-0.25, -0.2) is 4.79 Å². The summed E-state index contributed by atoms with van der Waals surface area (Å²) >= 11 is 0. The Bertz CT molecular complexity index is 843. The maximum atomic E-state index is 12.3. The summed E-state index contributed by atoms with van der Waals surface area (Å²) in [7, 11) is 0. The first kappa shape index (κ1) is 18.1. The van der Waals surface area contributed by atoms with E-state index in [1.807, 2.05) is 30.3 Å². The van der Waals surface area contributed by atoms with Crippen LogP contribution in [-0.2, 0) is 20.9 Å². The van der Waals surface area contributed by atoms with Gasteiger partial charge < -0.3 is 14.7 Å². The Kier molecular flexibility index (Phi) is 5.32. The van der Waals surface area contributed by atoms with Crippen molar-refractivity contribution in [3.63, 3.8) is 0 Å². The minimum absolute atomic E-state index is 0.156. The predicted molar refractivity (Wildman–Crippen MR) is 97.5 cm³/mol. The molecular formula is C20H22N2O4. The molecule has 0 aliphatic carbocycles. The van der Waals surface area contributed by atoms with Crippen molar-refractivity contribution in [3.05, 3.63) is 54.2 Å². The molecule has 0 unspecified atom stereocenters. The number of amides is 1. The van der Waals surface area contributed by atoms with E-state index < -0.39 is 12.0 Å². The zero-order valence-corrected chi connectivity index (χ0v) is 14.7.